The van der Waals surface area contributed by atoms with Crippen LogP contribution in [0.4, 0.5) is 14.5 Å². The predicted octanol–water partition coefficient (Wildman–Crippen LogP) is 6.16. The maximum Gasteiger partial charge on any atom is 0.276 e. The number of nitriles is 2. The second-order valence-corrected chi connectivity index (χ2v) is 12.1. The highest BCUT2D eigenvalue weighted by Gasteiger charge is 2.34. The molecule has 1 aliphatic heterocycles. The molecular formula is C33H27Cl2F2N7O3. The van der Waals surface area contributed by atoms with Crippen LogP contribution in [-0.4, -0.2) is 56.1 Å². The van der Waals surface area contributed by atoms with Gasteiger partial charge in [-0.15, -0.1) is 0 Å². The SMILES string of the molecule is C=CC(=O)N1CCN(c2c(C#N)c(=O)n(-c3c(C)ccnc3C(C)C)c3nc(-c4c(O)c(Cl)cc(Cl)c4F)c(F)cc23)CC1CC#N. The molecule has 1 unspecified atom stereocenters. The summed E-state index contributed by atoms with van der Waals surface area (Å²) in [6, 6.07) is 7.02. The second kappa shape index (κ2) is 13.0. The van der Waals surface area contributed by atoms with E-state index in [4.69, 9.17) is 23.2 Å². The summed E-state index contributed by atoms with van der Waals surface area (Å²) in [6.45, 7) is 9.22. The Kier molecular flexibility index (Phi) is 9.21. The summed E-state index contributed by atoms with van der Waals surface area (Å²) in [6.07, 6.45) is 2.64. The molecule has 10 nitrogen and oxygen atoms in total. The number of carbonyl (C=O) groups is 1. The summed E-state index contributed by atoms with van der Waals surface area (Å²) in [7, 11) is 0. The number of aromatic hydroxyl groups is 1. The number of fused-ring (bicyclic) bond motifs is 1. The number of aryl methyl sites for hydroxylation is 1. The third-order valence-electron chi connectivity index (χ3n) is 8.08. The summed E-state index contributed by atoms with van der Waals surface area (Å²) in [5.74, 6) is -3.72. The molecule has 1 aromatic carbocycles. The largest absolute Gasteiger partial charge is 0.506 e. The zero-order chi connectivity index (χ0) is 34.3. The fraction of sp³-hybridized carbons (Fsp3) is 0.273. The molecule has 0 saturated carbocycles. The van der Waals surface area contributed by atoms with Crippen LogP contribution in [0.15, 0.2) is 41.8 Å². The van der Waals surface area contributed by atoms with Crippen molar-refractivity contribution in [3.05, 3.63) is 85.9 Å². The molecule has 240 valence electrons. The summed E-state index contributed by atoms with van der Waals surface area (Å²) in [5, 5.41) is 29.8. The van der Waals surface area contributed by atoms with Crippen LogP contribution in [0.5, 0.6) is 5.75 Å². The van der Waals surface area contributed by atoms with Crippen LogP contribution >= 0.6 is 23.2 Å². The average Bonchev–Trinajstić information content (AvgIpc) is 3.04. The minimum Gasteiger partial charge on any atom is -0.506 e. The third-order valence-corrected chi connectivity index (χ3v) is 8.64. The minimum absolute atomic E-state index is 0.00703. The van der Waals surface area contributed by atoms with E-state index in [0.717, 1.165) is 22.8 Å². The number of rotatable bonds is 6. The Hall–Kier alpha value is -5.04. The van der Waals surface area contributed by atoms with Gasteiger partial charge in [0.25, 0.3) is 5.56 Å². The Morgan fingerprint density at radius 1 is 1.21 bits per heavy atom. The molecule has 1 aliphatic rings. The number of hydrogen-bond acceptors (Lipinski definition) is 8. The fourth-order valence-corrected chi connectivity index (χ4v) is 6.38. The molecule has 5 rings (SSSR count). The third kappa shape index (κ3) is 5.64. The summed E-state index contributed by atoms with van der Waals surface area (Å²) in [5.41, 5.74) is -1.35. The normalized spacial score (nSPS) is 14.7. The van der Waals surface area contributed by atoms with E-state index in [-0.39, 0.29) is 59.3 Å². The highest BCUT2D eigenvalue weighted by Crippen LogP contribution is 2.43. The minimum atomic E-state index is -1.19. The summed E-state index contributed by atoms with van der Waals surface area (Å²) in [4.78, 5) is 39.1. The molecule has 0 bridgehead atoms. The number of halogens is 4. The molecule has 1 N–H and O–H groups in total. The van der Waals surface area contributed by atoms with E-state index in [9.17, 15) is 25.2 Å². The first-order chi connectivity index (χ1) is 22.4. The highest BCUT2D eigenvalue weighted by molar-refractivity contribution is 6.36. The number of phenolic OH excluding ortho intramolecular Hbond substituents is 1. The number of phenols is 1. The Morgan fingerprint density at radius 3 is 2.57 bits per heavy atom. The molecule has 14 heteroatoms. The van der Waals surface area contributed by atoms with E-state index >= 15 is 8.78 Å². The van der Waals surface area contributed by atoms with Gasteiger partial charge in [0.05, 0.1) is 51.2 Å². The van der Waals surface area contributed by atoms with Gasteiger partial charge in [-0.3, -0.25) is 19.1 Å². The first-order valence-electron chi connectivity index (χ1n) is 14.4. The van der Waals surface area contributed by atoms with Crippen molar-refractivity contribution in [1.82, 2.24) is 19.4 Å². The number of nitrogens with zero attached hydrogens (tertiary/aromatic N) is 7. The van der Waals surface area contributed by atoms with Crippen molar-refractivity contribution in [3.8, 4) is 34.8 Å². The van der Waals surface area contributed by atoms with Gasteiger partial charge in [0, 0.05) is 31.2 Å². The van der Waals surface area contributed by atoms with Gasteiger partial charge in [-0.05, 0) is 42.7 Å². The molecule has 3 aromatic heterocycles. The van der Waals surface area contributed by atoms with Gasteiger partial charge in [0.1, 0.15) is 23.1 Å². The van der Waals surface area contributed by atoms with Crippen molar-refractivity contribution < 1.29 is 18.7 Å². The number of pyridine rings is 3. The van der Waals surface area contributed by atoms with Crippen molar-refractivity contribution in [2.45, 2.75) is 39.2 Å². The fourth-order valence-electron chi connectivity index (χ4n) is 5.91. The van der Waals surface area contributed by atoms with Crippen LogP contribution in [0.1, 0.15) is 43.0 Å². The summed E-state index contributed by atoms with van der Waals surface area (Å²) >= 11 is 12.1. The molecule has 47 heavy (non-hydrogen) atoms. The van der Waals surface area contributed by atoms with Crippen molar-refractivity contribution in [1.29, 1.82) is 10.5 Å². The average molecular weight is 679 g/mol. The lowest BCUT2D eigenvalue weighted by Crippen LogP contribution is -2.55. The predicted molar refractivity (Wildman–Crippen MR) is 174 cm³/mol. The van der Waals surface area contributed by atoms with Crippen molar-refractivity contribution in [2.24, 2.45) is 0 Å². The van der Waals surface area contributed by atoms with Gasteiger partial charge in [0.15, 0.2) is 17.3 Å². The van der Waals surface area contributed by atoms with Gasteiger partial charge < -0.3 is 14.9 Å². The molecule has 4 aromatic rings. The Morgan fingerprint density at radius 2 is 1.94 bits per heavy atom. The number of carbonyl (C=O) groups excluding carboxylic acids is 1. The molecule has 1 atom stereocenters. The van der Waals surface area contributed by atoms with Gasteiger partial charge in [0.2, 0.25) is 5.91 Å². The van der Waals surface area contributed by atoms with Crippen molar-refractivity contribution >= 4 is 45.8 Å². The monoisotopic (exact) mass is 677 g/mol. The standard InChI is InChI=1S/C33H27Cl2F2N7O3/c1-5-24(45)43-11-10-42(15-18(43)6-8-38)30-19-12-23(36)28(25-26(37)21(34)13-22(35)31(25)46)41-32(19)44(33(47)20(30)14-39)29-17(4)7-9-40-27(29)16(2)3/h5,7,9,12-13,16,18,46H,1,6,10-11,15H2,2-4H3. The molecule has 4 heterocycles. The Labute approximate surface area is 278 Å². The van der Waals surface area contributed by atoms with Crippen molar-refractivity contribution in [3.63, 3.8) is 0 Å². The lowest BCUT2D eigenvalue weighted by atomic mass is 10.0. The Balaban J connectivity index is 1.93. The number of amides is 1. The summed E-state index contributed by atoms with van der Waals surface area (Å²) < 4.78 is 32.8. The van der Waals surface area contributed by atoms with Crippen LogP contribution in [0, 0.1) is 41.2 Å². The first-order valence-corrected chi connectivity index (χ1v) is 15.2. The van der Waals surface area contributed by atoms with Gasteiger partial charge >= 0.3 is 0 Å². The van der Waals surface area contributed by atoms with Gasteiger partial charge in [-0.1, -0.05) is 43.6 Å². The van der Waals surface area contributed by atoms with Gasteiger partial charge in [-0.25, -0.2) is 13.8 Å². The van der Waals surface area contributed by atoms with Crippen LogP contribution in [0.3, 0.4) is 0 Å². The molecule has 0 radical (unpaired) electrons. The van der Waals surface area contributed by atoms with Crippen LogP contribution in [0.2, 0.25) is 10.0 Å². The lowest BCUT2D eigenvalue weighted by molar-refractivity contribution is -0.128. The molecule has 1 fully saturated rings. The van der Waals surface area contributed by atoms with Crippen LogP contribution in [-0.2, 0) is 4.79 Å². The zero-order valence-corrected chi connectivity index (χ0v) is 27.0. The number of hydrogen-bond donors (Lipinski definition) is 1. The van der Waals surface area contributed by atoms with E-state index in [0.29, 0.717) is 16.9 Å². The zero-order valence-electron chi connectivity index (χ0n) is 25.5. The number of piperazine rings is 1. The number of aromatic nitrogens is 3. The maximum absolute atomic E-state index is 16.2. The molecule has 1 amide bonds. The number of benzene rings is 1. The first kappa shape index (κ1) is 33.3. The van der Waals surface area contributed by atoms with E-state index < -0.39 is 51.2 Å². The maximum atomic E-state index is 16.2. The molecule has 0 spiro atoms. The number of anilines is 1. The quantitative estimate of drug-likeness (QED) is 0.189. The van der Waals surface area contributed by atoms with Crippen LogP contribution < -0.4 is 10.5 Å². The van der Waals surface area contributed by atoms with E-state index in [1.807, 2.05) is 19.9 Å². The van der Waals surface area contributed by atoms with E-state index in [2.05, 4.69) is 22.6 Å². The van der Waals surface area contributed by atoms with Gasteiger partial charge in [-0.2, -0.15) is 10.5 Å². The Bertz CT molecular complexity index is 2100. The van der Waals surface area contributed by atoms with Crippen molar-refractivity contribution in [2.75, 3.05) is 24.5 Å². The molecule has 0 aliphatic carbocycles. The topological polar surface area (TPSA) is 139 Å². The molecule has 1 saturated heterocycles. The molecular weight excluding hydrogens is 651 g/mol. The smallest absolute Gasteiger partial charge is 0.276 e. The highest BCUT2D eigenvalue weighted by atomic mass is 35.5. The van der Waals surface area contributed by atoms with E-state index in [1.54, 1.807) is 24.1 Å². The lowest BCUT2D eigenvalue weighted by Gasteiger charge is -2.41. The second-order valence-electron chi connectivity index (χ2n) is 11.3. The van der Waals surface area contributed by atoms with Crippen LogP contribution in [0.25, 0.3) is 28.0 Å². The van der Waals surface area contributed by atoms with E-state index in [1.165, 1.54) is 4.90 Å².